The maximum atomic E-state index is 5.89. The van der Waals surface area contributed by atoms with Gasteiger partial charge in [0, 0.05) is 72.2 Å². The molecule has 0 fully saturated rings. The molecule has 368 valence electrons. The van der Waals surface area contributed by atoms with Crippen molar-refractivity contribution < 1.29 is 56.8 Å². The summed E-state index contributed by atoms with van der Waals surface area (Å²) in [5.74, 6) is 7.94. The molecule has 1 aliphatic heterocycles. The van der Waals surface area contributed by atoms with Crippen LogP contribution in [0.3, 0.4) is 0 Å². The van der Waals surface area contributed by atoms with E-state index in [0.717, 1.165) is 0 Å². The van der Waals surface area contributed by atoms with Gasteiger partial charge in [-0.25, -0.2) is 0 Å². The average Bonchev–Trinajstić information content (AvgIpc) is 4.28. The smallest absolute Gasteiger partial charge is 0.628 e. The van der Waals surface area contributed by atoms with Crippen molar-refractivity contribution in [3.63, 3.8) is 0 Å². The zero-order chi connectivity index (χ0) is 50.8. The molecule has 0 atom stereocenters. The van der Waals surface area contributed by atoms with Gasteiger partial charge < -0.3 is 76.8 Å². The molecule has 16 nitrogen and oxygen atoms in total. The summed E-state index contributed by atoms with van der Waals surface area (Å²) in [7, 11) is 18.9. The van der Waals surface area contributed by atoms with E-state index in [9.17, 15) is 0 Å². The minimum absolute atomic E-state index is 0. The summed E-state index contributed by atoms with van der Waals surface area (Å²) < 4.78 is 70.1. The first-order chi connectivity index (χ1) is 35.1. The van der Waals surface area contributed by atoms with Gasteiger partial charge in [-0.15, -0.1) is 0 Å². The van der Waals surface area contributed by atoms with Crippen LogP contribution in [0.4, 0.5) is 0 Å². The van der Waals surface area contributed by atoms with Crippen molar-refractivity contribution in [3.05, 3.63) is 189 Å². The first kappa shape index (κ1) is 51.2. The number of hydrogen-bond donors (Lipinski definition) is 0. The van der Waals surface area contributed by atoms with Crippen LogP contribution >= 0.6 is 0 Å². The van der Waals surface area contributed by atoms with E-state index in [1.54, 1.807) is 85.3 Å². The van der Waals surface area contributed by atoms with Gasteiger partial charge >= 0.3 is 23.1 Å². The Labute approximate surface area is 440 Å². The first-order valence-electron chi connectivity index (χ1n) is 22.4. The van der Waals surface area contributed by atoms with E-state index in [2.05, 4.69) is 0 Å². The third-order valence-electron chi connectivity index (χ3n) is 12.4. The van der Waals surface area contributed by atoms with Crippen LogP contribution in [0, 0.1) is 23.7 Å². The molecule has 0 radical (unpaired) electrons. The summed E-state index contributed by atoms with van der Waals surface area (Å²) in [5, 5.41) is 0. The summed E-state index contributed by atoms with van der Waals surface area (Å²) in [6.45, 7) is 0. The minimum atomic E-state index is 0. The molecule has 4 aromatic heterocycles. The van der Waals surface area contributed by atoms with Crippen LogP contribution in [0.2, 0.25) is 0 Å². The molecule has 5 heterocycles. The van der Waals surface area contributed by atoms with Gasteiger partial charge in [-0.1, -0.05) is 0 Å². The number of nitrogens with zero attached hydrogens (tertiary/aromatic N) is 4. The second-order valence-corrected chi connectivity index (χ2v) is 16.0. The Balaban J connectivity index is 0.00000711. The van der Waals surface area contributed by atoms with Crippen molar-refractivity contribution in [3.8, 4) is 69.0 Å². The summed E-state index contributed by atoms with van der Waals surface area (Å²) in [6, 6.07) is 30.6. The van der Waals surface area contributed by atoms with Gasteiger partial charge in [0.05, 0.1) is 156 Å². The molecule has 0 aliphatic carbocycles. The van der Waals surface area contributed by atoms with Crippen molar-refractivity contribution in [2.45, 2.75) is 0 Å². The molecule has 0 spiro atoms. The Morgan fingerprint density at radius 3 is 0.479 bits per heavy atom. The van der Waals surface area contributed by atoms with Crippen LogP contribution in [-0.4, -0.2) is 108 Å². The Kier molecular flexibility index (Phi) is 15.2. The average molecular weight is 997 g/mol. The van der Waals surface area contributed by atoms with E-state index in [1.165, 1.54) is 0 Å². The van der Waals surface area contributed by atoms with Crippen molar-refractivity contribution in [1.82, 2.24) is 19.9 Å². The van der Waals surface area contributed by atoms with E-state index < -0.39 is 0 Å². The standard InChI is InChI=1S/C56H52N4O12.Mg/c1-61-41-21-29(22-42(62-2)53(41)69-9)49-33-13-15-35(57-33)50(30-23-43(63-3)54(70-10)44(24-30)64-4)37-17-19-39(59-37)52(32-27-47(67-7)56(72-12)48(28-32)68-8)40-20-18-38(60-40)51(36-16-14-34(49)58-36)31-25-45(65-5)55(71-11)46(26-31)66-6;/h13-28H,1-12H3;/q;+2. The molecule has 1 aliphatic rings. The third kappa shape index (κ3) is 9.10. The van der Waals surface area contributed by atoms with Gasteiger partial charge in [0.15, 0.2) is 0 Å². The van der Waals surface area contributed by atoms with Crippen molar-refractivity contribution in [2.75, 3.05) is 85.3 Å². The largest absolute Gasteiger partial charge is 2.00 e. The molecule has 0 N–H and O–H groups in total. The molecule has 73 heavy (non-hydrogen) atoms. The van der Waals surface area contributed by atoms with Crippen LogP contribution in [0.5, 0.6) is 69.0 Å². The van der Waals surface area contributed by atoms with E-state index >= 15 is 0 Å². The Morgan fingerprint density at radius 1 is 0.233 bits per heavy atom. The summed E-state index contributed by atoms with van der Waals surface area (Å²) in [4.78, 5) is 21.7. The van der Waals surface area contributed by atoms with E-state index in [1.807, 2.05) is 97.1 Å². The molecular weight excluding hydrogens is 945 g/mol. The second-order valence-electron chi connectivity index (χ2n) is 16.0. The summed E-state index contributed by atoms with van der Waals surface area (Å²) in [5.41, 5.74) is 7.43. The quantitative estimate of drug-likeness (QED) is 0.0684. The Morgan fingerprint density at radius 2 is 0.370 bits per heavy atom. The normalized spacial score (nSPS) is 11.9. The third-order valence-corrected chi connectivity index (χ3v) is 12.4. The summed E-state index contributed by atoms with van der Waals surface area (Å²) >= 11 is 0. The number of benzene rings is 4. The second kappa shape index (κ2) is 21.7. The predicted octanol–water partition coefficient (Wildman–Crippen LogP) is 7.63. The van der Waals surface area contributed by atoms with Crippen LogP contribution in [0.15, 0.2) is 97.1 Å². The number of rotatable bonds is 16. The Hall–Kier alpha value is -8.15. The molecule has 9 rings (SSSR count). The zero-order valence-corrected chi connectivity index (χ0v) is 44.0. The fourth-order valence-electron chi connectivity index (χ4n) is 9.17. The van der Waals surface area contributed by atoms with Crippen LogP contribution < -0.4 is 76.8 Å². The fourth-order valence-corrected chi connectivity index (χ4v) is 9.17. The molecule has 0 amide bonds. The Bertz CT molecular complexity index is 2610. The first-order valence-corrected chi connectivity index (χ1v) is 22.4. The zero-order valence-electron chi connectivity index (χ0n) is 42.6. The van der Waals surface area contributed by atoms with E-state index in [4.69, 9.17) is 76.8 Å². The number of methoxy groups -OCH3 is 12. The molecule has 8 bridgehead atoms. The number of aromatic nitrogens is 4. The summed E-state index contributed by atoms with van der Waals surface area (Å²) in [6.07, 6.45) is 0. The molecule has 17 heteroatoms. The maximum absolute atomic E-state index is 5.89. The predicted molar refractivity (Wildman–Crippen MR) is 271 cm³/mol. The molecule has 0 saturated heterocycles. The van der Waals surface area contributed by atoms with Crippen LogP contribution in [0.25, 0.3) is 0 Å². The molecule has 0 saturated carbocycles. The SMILES string of the molecule is COc1cc([C+]2c3ccc([n-]3)[C+](c3cc(OC)c(OC)c(OC)c3)c3ccc([n-]3)[C+](c3cc(OC)c(OC)c(OC)c3)c3ccc([n-]3)[C+](c3cc(OC)c(OC)c(OC)c3)c3ccc2[n-]3)cc(OC)c1OC.[Mg+2]. The van der Waals surface area contributed by atoms with Gasteiger partial charge in [0.2, 0.25) is 69.0 Å². The number of hydrogen-bond acceptors (Lipinski definition) is 12. The van der Waals surface area contributed by atoms with Crippen molar-refractivity contribution in [1.29, 1.82) is 0 Å². The van der Waals surface area contributed by atoms with Gasteiger partial charge in [0.25, 0.3) is 0 Å². The monoisotopic (exact) mass is 996 g/mol. The van der Waals surface area contributed by atoms with E-state index in [0.29, 0.717) is 160 Å². The van der Waals surface area contributed by atoms with Gasteiger partial charge in [-0.05, 0) is 45.6 Å². The van der Waals surface area contributed by atoms with Crippen molar-refractivity contribution in [2.24, 2.45) is 0 Å². The molecule has 0 unspecified atom stereocenters. The van der Waals surface area contributed by atoms with Crippen LogP contribution in [-0.2, 0) is 0 Å². The minimum Gasteiger partial charge on any atom is -0.628 e. The van der Waals surface area contributed by atoms with Gasteiger partial charge in [-0.3, -0.25) is 0 Å². The number of fused-ring (bicyclic) bond motifs is 8. The van der Waals surface area contributed by atoms with Crippen molar-refractivity contribution >= 4 is 23.1 Å². The van der Waals surface area contributed by atoms with Gasteiger partial charge in [-0.2, -0.15) is 0 Å². The van der Waals surface area contributed by atoms with Crippen LogP contribution in [0.1, 0.15) is 67.8 Å². The number of ether oxygens (including phenoxy) is 12. The topological polar surface area (TPSA) is 167 Å². The maximum Gasteiger partial charge on any atom is 2.00 e. The van der Waals surface area contributed by atoms with E-state index in [-0.39, 0.29) is 23.1 Å². The molecule has 8 aromatic rings. The molecule has 4 aromatic carbocycles. The molecular formula is C56H52MgN4O12+2. The van der Waals surface area contributed by atoms with Gasteiger partial charge in [0.1, 0.15) is 0 Å². The fraction of sp³-hybridized carbons (Fsp3) is 0.214.